The lowest BCUT2D eigenvalue weighted by atomic mass is 10.1. The van der Waals surface area contributed by atoms with E-state index < -0.39 is 0 Å². The molecule has 1 saturated heterocycles. The number of hydrogen-bond acceptors (Lipinski definition) is 5. The molecule has 174 valence electrons. The lowest BCUT2D eigenvalue weighted by Crippen LogP contribution is -2.47. The summed E-state index contributed by atoms with van der Waals surface area (Å²) in [4.78, 5) is 9.36. The van der Waals surface area contributed by atoms with E-state index in [4.69, 9.17) is 9.47 Å². The Morgan fingerprint density at radius 1 is 0.906 bits per heavy atom. The van der Waals surface area contributed by atoms with Gasteiger partial charge in [0.2, 0.25) is 0 Å². The fraction of sp³-hybridized carbons (Fsp3) is 0.480. The molecule has 1 heterocycles. The largest absolute Gasteiger partial charge is 0.493 e. The van der Waals surface area contributed by atoms with Gasteiger partial charge in [0.25, 0.3) is 0 Å². The van der Waals surface area contributed by atoms with Crippen LogP contribution in [0.25, 0.3) is 0 Å². The summed E-state index contributed by atoms with van der Waals surface area (Å²) in [5.74, 6) is 2.36. The lowest BCUT2D eigenvalue weighted by molar-refractivity contribution is 0.255. The van der Waals surface area contributed by atoms with Crippen molar-refractivity contribution in [3.8, 4) is 11.5 Å². The van der Waals surface area contributed by atoms with Crippen molar-refractivity contribution >= 4 is 11.6 Å². The van der Waals surface area contributed by atoms with Gasteiger partial charge in [-0.2, -0.15) is 0 Å². The van der Waals surface area contributed by atoms with Gasteiger partial charge in [-0.1, -0.05) is 24.3 Å². The third-order valence-corrected chi connectivity index (χ3v) is 5.81. The van der Waals surface area contributed by atoms with Crippen molar-refractivity contribution in [2.45, 2.75) is 12.8 Å². The van der Waals surface area contributed by atoms with E-state index >= 15 is 0 Å². The summed E-state index contributed by atoms with van der Waals surface area (Å²) in [6.07, 6.45) is 1.98. The van der Waals surface area contributed by atoms with Gasteiger partial charge in [0, 0.05) is 52.0 Å². The molecular formula is C25H37N5O2. The van der Waals surface area contributed by atoms with E-state index in [-0.39, 0.29) is 0 Å². The van der Waals surface area contributed by atoms with Crippen molar-refractivity contribution in [1.29, 1.82) is 0 Å². The third-order valence-electron chi connectivity index (χ3n) is 5.81. The van der Waals surface area contributed by atoms with Crippen molar-refractivity contribution < 1.29 is 9.47 Å². The first-order chi connectivity index (χ1) is 15.7. The zero-order valence-electron chi connectivity index (χ0n) is 19.6. The van der Waals surface area contributed by atoms with E-state index in [1.165, 1.54) is 11.3 Å². The Bertz CT molecular complexity index is 835. The number of para-hydroxylation sites is 1. The summed E-state index contributed by atoms with van der Waals surface area (Å²) in [5, 5.41) is 6.82. The third kappa shape index (κ3) is 7.05. The number of benzene rings is 2. The normalized spacial score (nSPS) is 14.8. The van der Waals surface area contributed by atoms with Crippen LogP contribution in [0, 0.1) is 0 Å². The summed E-state index contributed by atoms with van der Waals surface area (Å²) < 4.78 is 10.7. The summed E-state index contributed by atoms with van der Waals surface area (Å²) in [7, 11) is 5.13. The van der Waals surface area contributed by atoms with E-state index in [0.29, 0.717) is 0 Å². The minimum Gasteiger partial charge on any atom is -0.493 e. The quantitative estimate of drug-likeness (QED) is 0.337. The molecule has 1 fully saturated rings. The Morgan fingerprint density at radius 2 is 1.62 bits per heavy atom. The van der Waals surface area contributed by atoms with E-state index in [2.05, 4.69) is 61.8 Å². The summed E-state index contributed by atoms with van der Waals surface area (Å²) >= 11 is 0. The number of nitrogens with one attached hydrogen (secondary N) is 2. The molecule has 0 spiro atoms. The Morgan fingerprint density at radius 3 is 2.31 bits per heavy atom. The molecule has 0 aliphatic carbocycles. The molecular weight excluding hydrogens is 402 g/mol. The minimum absolute atomic E-state index is 0.753. The van der Waals surface area contributed by atoms with E-state index in [9.17, 15) is 0 Å². The molecule has 2 aromatic carbocycles. The summed E-state index contributed by atoms with van der Waals surface area (Å²) in [5.41, 5.74) is 2.53. The molecule has 7 nitrogen and oxygen atoms in total. The van der Waals surface area contributed by atoms with Crippen LogP contribution in [-0.4, -0.2) is 77.9 Å². The average Bonchev–Trinajstić information content (AvgIpc) is 2.86. The first-order valence-corrected chi connectivity index (χ1v) is 11.4. The zero-order chi connectivity index (χ0) is 22.6. The van der Waals surface area contributed by atoms with Gasteiger partial charge in [-0.15, -0.1) is 0 Å². The first-order valence-electron chi connectivity index (χ1n) is 11.4. The standard InChI is InChI=1S/C25H37N5O2/c1-26-25(28-14-12-21-10-11-23(31-2)24(20-21)32-3)27-13-7-15-29-16-18-30(19-17-29)22-8-5-4-6-9-22/h4-6,8-11,20H,7,12-19H2,1-3H3,(H2,26,27,28). The summed E-state index contributed by atoms with van der Waals surface area (Å²) in [6, 6.07) is 16.7. The number of nitrogens with zero attached hydrogens (tertiary/aromatic N) is 3. The van der Waals surface area contributed by atoms with Crippen LogP contribution in [0.3, 0.4) is 0 Å². The second kappa shape index (κ2) is 12.8. The number of guanidine groups is 1. The first kappa shape index (κ1) is 23.7. The second-order valence-corrected chi connectivity index (χ2v) is 7.88. The maximum Gasteiger partial charge on any atom is 0.190 e. The van der Waals surface area contributed by atoms with Crippen molar-refractivity contribution in [3.63, 3.8) is 0 Å². The van der Waals surface area contributed by atoms with Gasteiger partial charge in [0.1, 0.15) is 0 Å². The van der Waals surface area contributed by atoms with Crippen LogP contribution in [0.1, 0.15) is 12.0 Å². The average molecular weight is 440 g/mol. The smallest absolute Gasteiger partial charge is 0.190 e. The topological polar surface area (TPSA) is 61.4 Å². The highest BCUT2D eigenvalue weighted by molar-refractivity contribution is 5.79. The molecule has 3 rings (SSSR count). The number of anilines is 1. The van der Waals surface area contributed by atoms with Crippen LogP contribution < -0.4 is 25.0 Å². The van der Waals surface area contributed by atoms with Crippen LogP contribution in [0.4, 0.5) is 5.69 Å². The maximum atomic E-state index is 5.38. The fourth-order valence-electron chi connectivity index (χ4n) is 3.96. The highest BCUT2D eigenvalue weighted by Gasteiger charge is 2.16. The Kier molecular flexibility index (Phi) is 9.50. The van der Waals surface area contributed by atoms with Gasteiger partial charge in [-0.05, 0) is 49.2 Å². The van der Waals surface area contributed by atoms with Crippen LogP contribution in [0.2, 0.25) is 0 Å². The number of aliphatic imine (C=N–C) groups is 1. The molecule has 0 bridgehead atoms. The molecule has 7 heteroatoms. The summed E-state index contributed by atoms with van der Waals surface area (Å²) in [6.45, 7) is 7.25. The van der Waals surface area contributed by atoms with Crippen molar-refractivity contribution in [2.24, 2.45) is 4.99 Å². The van der Waals surface area contributed by atoms with Gasteiger partial charge in [-0.25, -0.2) is 0 Å². The molecule has 32 heavy (non-hydrogen) atoms. The van der Waals surface area contributed by atoms with E-state index in [0.717, 1.165) is 76.1 Å². The highest BCUT2D eigenvalue weighted by atomic mass is 16.5. The SMILES string of the molecule is CN=C(NCCCN1CCN(c2ccccc2)CC1)NCCc1ccc(OC)c(OC)c1. The highest BCUT2D eigenvalue weighted by Crippen LogP contribution is 2.27. The molecule has 1 aliphatic rings. The fourth-order valence-corrected chi connectivity index (χ4v) is 3.96. The van der Waals surface area contributed by atoms with Crippen LogP contribution in [-0.2, 0) is 6.42 Å². The van der Waals surface area contributed by atoms with E-state index in [1.54, 1.807) is 14.2 Å². The number of ether oxygens (including phenoxy) is 2. The van der Waals surface area contributed by atoms with Crippen molar-refractivity contribution in [1.82, 2.24) is 15.5 Å². The number of piperazine rings is 1. The van der Waals surface area contributed by atoms with Gasteiger partial charge in [0.05, 0.1) is 14.2 Å². The Balaban J connectivity index is 1.30. The van der Waals surface area contributed by atoms with Crippen LogP contribution in [0.5, 0.6) is 11.5 Å². The molecule has 0 saturated carbocycles. The number of rotatable bonds is 10. The maximum absolute atomic E-state index is 5.38. The monoisotopic (exact) mass is 439 g/mol. The molecule has 1 aliphatic heterocycles. The molecule has 2 aromatic rings. The second-order valence-electron chi connectivity index (χ2n) is 7.88. The predicted octanol–water partition coefficient (Wildman–Crippen LogP) is 2.62. The molecule has 0 atom stereocenters. The number of hydrogen-bond donors (Lipinski definition) is 2. The molecule has 2 N–H and O–H groups in total. The van der Waals surface area contributed by atoms with Gasteiger partial charge in [-0.3, -0.25) is 9.89 Å². The lowest BCUT2D eigenvalue weighted by Gasteiger charge is -2.36. The zero-order valence-corrected chi connectivity index (χ0v) is 19.6. The number of methoxy groups -OCH3 is 2. The molecule has 0 radical (unpaired) electrons. The van der Waals surface area contributed by atoms with Crippen molar-refractivity contribution in [2.75, 3.05) is 72.0 Å². The molecule has 0 aromatic heterocycles. The van der Waals surface area contributed by atoms with Gasteiger partial charge in [0.15, 0.2) is 17.5 Å². The van der Waals surface area contributed by atoms with Gasteiger partial charge < -0.3 is 25.0 Å². The Labute approximate surface area is 192 Å². The minimum atomic E-state index is 0.753. The van der Waals surface area contributed by atoms with Crippen molar-refractivity contribution in [3.05, 3.63) is 54.1 Å². The van der Waals surface area contributed by atoms with Gasteiger partial charge >= 0.3 is 0 Å². The van der Waals surface area contributed by atoms with Crippen LogP contribution >= 0.6 is 0 Å². The molecule has 0 unspecified atom stereocenters. The Hall–Kier alpha value is -2.93. The van der Waals surface area contributed by atoms with Crippen LogP contribution in [0.15, 0.2) is 53.5 Å². The predicted molar refractivity (Wildman–Crippen MR) is 132 cm³/mol. The molecule has 0 amide bonds. The van der Waals surface area contributed by atoms with E-state index in [1.807, 2.05) is 19.2 Å².